The van der Waals surface area contributed by atoms with Gasteiger partial charge in [-0.3, -0.25) is 0 Å². The largest absolute Gasteiger partial charge is 0.396 e. The van der Waals surface area contributed by atoms with Gasteiger partial charge < -0.3 is 20.4 Å². The van der Waals surface area contributed by atoms with Crippen LogP contribution in [0.5, 0.6) is 0 Å². The first-order chi connectivity index (χ1) is 10.4. The van der Waals surface area contributed by atoms with Gasteiger partial charge in [-0.2, -0.15) is 0 Å². The van der Waals surface area contributed by atoms with Crippen molar-refractivity contribution in [2.75, 3.05) is 38.8 Å². The number of hydrogen-bond donors (Lipinski definition) is 10. The first kappa shape index (κ1) is 27.8. The van der Waals surface area contributed by atoms with Gasteiger partial charge in [0.05, 0.1) is 31.8 Å². The number of allylic oxidation sites excluding steroid dienone is 2. The summed E-state index contributed by atoms with van der Waals surface area (Å²) in [5.41, 5.74) is -1.11. The summed E-state index contributed by atoms with van der Waals surface area (Å²) in [5, 5.41) is 34.0. The van der Waals surface area contributed by atoms with Gasteiger partial charge in [0, 0.05) is 0 Å². The number of rotatable bonds is 8. The van der Waals surface area contributed by atoms with Gasteiger partial charge in [0.15, 0.2) is 0 Å². The van der Waals surface area contributed by atoms with Crippen LogP contribution in [0.15, 0.2) is 25.3 Å². The predicted octanol–water partition coefficient (Wildman–Crippen LogP) is -2.77. The molecule has 0 aromatic rings. The number of aliphatic hydroxyl groups is 4. The van der Waals surface area contributed by atoms with Gasteiger partial charge in [0.1, 0.15) is 0 Å². The smallest absolute Gasteiger partial charge is 0.0627 e. The second kappa shape index (κ2) is 14.3. The third kappa shape index (κ3) is 21.9. The van der Waals surface area contributed by atoms with Crippen molar-refractivity contribution in [1.82, 2.24) is 0 Å². The molecule has 0 bridgehead atoms. The summed E-state index contributed by atoms with van der Waals surface area (Å²) in [7, 11) is -7.55. The first-order valence-electron chi connectivity index (χ1n) is 6.36. The van der Waals surface area contributed by atoms with Gasteiger partial charge >= 0.3 is 82.9 Å². The molecule has 10 N–H and O–H groups in total. The van der Waals surface area contributed by atoms with Crippen LogP contribution in [0.4, 0.5) is 0 Å². The van der Waals surface area contributed by atoms with Crippen molar-refractivity contribution in [3.8, 4) is 0 Å². The standard InChI is InChI=1S/C5H12O4.2C3H9O3P/c6-1-5(2-7,3-8)4-9;2*1-2-3-7(4,5)6/h6-9H,1-4H2;2*2,4-7H,1,3H2. The molecule has 0 aliphatic rings. The van der Waals surface area contributed by atoms with E-state index in [4.69, 9.17) is 49.8 Å². The van der Waals surface area contributed by atoms with Crippen molar-refractivity contribution in [2.24, 2.45) is 5.41 Å². The topological polar surface area (TPSA) is 202 Å². The van der Waals surface area contributed by atoms with Crippen LogP contribution in [0.3, 0.4) is 0 Å². The Morgan fingerprint density at radius 2 is 0.826 bits per heavy atom. The Labute approximate surface area is 136 Å². The third-order valence-electron chi connectivity index (χ3n) is 2.18. The van der Waals surface area contributed by atoms with Gasteiger partial charge in [0.2, 0.25) is 0 Å². The SMILES string of the molecule is C=CC[PH](O)(O)O.C=CC[PH](O)(O)O.OCC(CO)(CO)CO. The zero-order valence-electron chi connectivity index (χ0n) is 12.8. The normalized spacial score (nSPS) is 13.0. The second-order valence-electron chi connectivity index (χ2n) is 4.67. The van der Waals surface area contributed by atoms with Gasteiger partial charge in [-0.1, -0.05) is 0 Å². The zero-order chi connectivity index (χ0) is 19.2. The summed E-state index contributed by atoms with van der Waals surface area (Å²) >= 11 is 0. The molecule has 0 amide bonds. The molecule has 0 heterocycles. The van der Waals surface area contributed by atoms with Crippen molar-refractivity contribution in [2.45, 2.75) is 0 Å². The molecule has 0 aromatic carbocycles. The minimum absolute atomic E-state index is 0.0903. The van der Waals surface area contributed by atoms with Crippen LogP contribution in [0.2, 0.25) is 0 Å². The third-order valence-corrected chi connectivity index (χ3v) is 3.85. The molecule has 0 rings (SSSR count). The van der Waals surface area contributed by atoms with Crippen LogP contribution in [0.1, 0.15) is 0 Å². The van der Waals surface area contributed by atoms with E-state index in [1.54, 1.807) is 0 Å². The molecule has 0 saturated heterocycles. The van der Waals surface area contributed by atoms with Crippen LogP contribution >= 0.6 is 15.9 Å². The van der Waals surface area contributed by atoms with E-state index in [0.29, 0.717) is 0 Å². The second-order valence-corrected chi connectivity index (χ2v) is 8.58. The first-order valence-corrected chi connectivity index (χ1v) is 10.5. The van der Waals surface area contributed by atoms with E-state index in [2.05, 4.69) is 13.2 Å². The quantitative estimate of drug-likeness (QED) is 0.154. The van der Waals surface area contributed by atoms with Crippen molar-refractivity contribution >= 4 is 15.9 Å². The van der Waals surface area contributed by atoms with E-state index in [1.165, 1.54) is 12.2 Å². The fourth-order valence-corrected chi connectivity index (χ4v) is 1.46. The zero-order valence-corrected chi connectivity index (χ0v) is 14.8. The fourth-order valence-electron chi connectivity index (χ4n) is 0.687. The Balaban J connectivity index is -0.000000264. The summed E-state index contributed by atoms with van der Waals surface area (Å²) in [6.45, 7) is 4.78. The van der Waals surface area contributed by atoms with Crippen LogP contribution in [0.25, 0.3) is 0 Å². The molecule has 0 atom stereocenters. The summed E-state index contributed by atoms with van der Waals surface area (Å²) < 4.78 is 0. The van der Waals surface area contributed by atoms with Gasteiger partial charge in [-0.05, 0) is 0 Å². The predicted molar refractivity (Wildman–Crippen MR) is 90.8 cm³/mol. The van der Waals surface area contributed by atoms with E-state index in [9.17, 15) is 0 Å². The van der Waals surface area contributed by atoms with Crippen molar-refractivity contribution < 1.29 is 49.8 Å². The van der Waals surface area contributed by atoms with Gasteiger partial charge in [-0.15, -0.1) is 0 Å². The summed E-state index contributed by atoms with van der Waals surface area (Å²) in [6, 6.07) is 0. The van der Waals surface area contributed by atoms with Crippen molar-refractivity contribution in [1.29, 1.82) is 0 Å². The maximum absolute atomic E-state index is 8.50. The van der Waals surface area contributed by atoms with Crippen LogP contribution in [0, 0.1) is 5.41 Å². The monoisotopic (exact) mass is 384 g/mol. The fraction of sp³-hybridized carbons (Fsp3) is 0.636. The van der Waals surface area contributed by atoms with Crippen LogP contribution in [-0.4, -0.2) is 88.5 Å². The average molecular weight is 384 g/mol. The Morgan fingerprint density at radius 3 is 0.826 bits per heavy atom. The van der Waals surface area contributed by atoms with Crippen molar-refractivity contribution in [3.05, 3.63) is 25.3 Å². The Bertz CT molecular complexity index is 259. The Hall–Kier alpha value is -0.0600. The molecule has 0 spiro atoms. The van der Waals surface area contributed by atoms with E-state index in [1.807, 2.05) is 0 Å². The van der Waals surface area contributed by atoms with E-state index in [-0.39, 0.29) is 12.3 Å². The Kier molecular flexibility index (Phi) is 17.3. The molecular weight excluding hydrogens is 354 g/mol. The van der Waals surface area contributed by atoms with Crippen LogP contribution in [-0.2, 0) is 0 Å². The minimum atomic E-state index is -3.78. The molecule has 144 valence electrons. The molecule has 23 heavy (non-hydrogen) atoms. The molecule has 0 aromatic heterocycles. The minimum Gasteiger partial charge on any atom is -0.396 e. The molecule has 0 aliphatic heterocycles. The molecule has 0 saturated carbocycles. The summed E-state index contributed by atoms with van der Waals surface area (Å²) in [5.74, 6) is 0. The maximum Gasteiger partial charge on any atom is 0.0627 e. The summed E-state index contributed by atoms with van der Waals surface area (Å²) in [6.07, 6.45) is 2.36. The molecule has 10 nitrogen and oxygen atoms in total. The van der Waals surface area contributed by atoms with E-state index < -0.39 is 47.7 Å². The average Bonchev–Trinajstić information content (AvgIpc) is 2.41. The molecule has 0 unspecified atom stereocenters. The van der Waals surface area contributed by atoms with E-state index >= 15 is 0 Å². The van der Waals surface area contributed by atoms with Crippen molar-refractivity contribution in [3.63, 3.8) is 0 Å². The maximum atomic E-state index is 8.50. The summed E-state index contributed by atoms with van der Waals surface area (Å²) in [4.78, 5) is 49.2. The number of hydrogen-bond acceptors (Lipinski definition) is 10. The molecule has 0 radical (unpaired) electrons. The van der Waals surface area contributed by atoms with Crippen LogP contribution < -0.4 is 0 Å². The molecule has 12 heteroatoms. The van der Waals surface area contributed by atoms with Gasteiger partial charge in [-0.25, -0.2) is 0 Å². The molecule has 0 aliphatic carbocycles. The molecular formula is C11H30O10P2. The number of aliphatic hydroxyl groups excluding tert-OH is 4. The Morgan fingerprint density at radius 1 is 0.609 bits per heavy atom. The van der Waals surface area contributed by atoms with Gasteiger partial charge in [0.25, 0.3) is 0 Å². The molecule has 0 fully saturated rings. The van der Waals surface area contributed by atoms with E-state index in [0.717, 1.165) is 0 Å².